The standard InChI is InChI=1S/C25H27Cl2N3O4/c1-15(2)28-23(32)16(3)30(14-19-20(26)10-6-11-21(19)27)22(31)12-7-13-29-24(33)17-8-4-5-9-18(17)25(29)34/h4-6,8-11,15-16H,7,12-14H2,1-3H3,(H,28,32)/t16-/m1/s1. The third-order valence-corrected chi connectivity index (χ3v) is 6.35. The largest absolute Gasteiger partial charge is 0.352 e. The number of carbonyl (C=O) groups excluding carboxylic acids is 4. The first kappa shape index (κ1) is 25.7. The number of hydrogen-bond acceptors (Lipinski definition) is 4. The minimum absolute atomic E-state index is 0.0365. The van der Waals surface area contributed by atoms with Crippen LogP contribution in [0.1, 0.15) is 59.9 Å². The lowest BCUT2D eigenvalue weighted by Crippen LogP contribution is -2.49. The second-order valence-corrected chi connectivity index (χ2v) is 9.29. The van der Waals surface area contributed by atoms with Gasteiger partial charge in [-0.25, -0.2) is 0 Å². The Bertz CT molecular complexity index is 1060. The molecule has 0 aliphatic carbocycles. The molecule has 0 saturated heterocycles. The van der Waals surface area contributed by atoms with Gasteiger partial charge < -0.3 is 10.2 Å². The lowest BCUT2D eigenvalue weighted by Gasteiger charge is -2.30. The fourth-order valence-corrected chi connectivity index (χ4v) is 4.33. The normalized spacial score (nSPS) is 13.8. The number of rotatable bonds is 9. The molecule has 1 N–H and O–H groups in total. The molecule has 0 unspecified atom stereocenters. The fraction of sp³-hybridized carbons (Fsp3) is 0.360. The van der Waals surface area contributed by atoms with Crippen molar-refractivity contribution in [2.75, 3.05) is 6.54 Å². The van der Waals surface area contributed by atoms with Gasteiger partial charge in [0.1, 0.15) is 6.04 Å². The van der Waals surface area contributed by atoms with E-state index in [1.54, 1.807) is 49.4 Å². The van der Waals surface area contributed by atoms with Gasteiger partial charge in [-0.15, -0.1) is 0 Å². The Morgan fingerprint density at radius 1 is 0.941 bits per heavy atom. The maximum Gasteiger partial charge on any atom is 0.261 e. The molecule has 0 aromatic heterocycles. The van der Waals surface area contributed by atoms with E-state index in [0.717, 1.165) is 4.90 Å². The van der Waals surface area contributed by atoms with Gasteiger partial charge in [-0.05, 0) is 51.5 Å². The molecule has 1 atom stereocenters. The Morgan fingerprint density at radius 2 is 1.50 bits per heavy atom. The van der Waals surface area contributed by atoms with Gasteiger partial charge in [0.25, 0.3) is 11.8 Å². The van der Waals surface area contributed by atoms with Crippen LogP contribution in [0.25, 0.3) is 0 Å². The summed E-state index contributed by atoms with van der Waals surface area (Å²) in [6.07, 6.45) is 0.296. The second-order valence-electron chi connectivity index (χ2n) is 8.47. The van der Waals surface area contributed by atoms with Crippen LogP contribution in [0.5, 0.6) is 0 Å². The Balaban J connectivity index is 1.72. The minimum atomic E-state index is -0.776. The van der Waals surface area contributed by atoms with Gasteiger partial charge in [-0.1, -0.05) is 41.4 Å². The van der Waals surface area contributed by atoms with E-state index in [1.807, 2.05) is 13.8 Å². The lowest BCUT2D eigenvalue weighted by atomic mass is 10.1. The molecule has 180 valence electrons. The third-order valence-electron chi connectivity index (χ3n) is 5.64. The van der Waals surface area contributed by atoms with Gasteiger partial charge in [0, 0.05) is 41.2 Å². The summed E-state index contributed by atoms with van der Waals surface area (Å²) in [5, 5.41) is 3.61. The number of halogens is 2. The van der Waals surface area contributed by atoms with Crippen molar-refractivity contribution in [3.63, 3.8) is 0 Å². The van der Waals surface area contributed by atoms with Crippen molar-refractivity contribution < 1.29 is 19.2 Å². The molecular formula is C25H27Cl2N3O4. The third kappa shape index (κ3) is 5.59. The first-order valence-electron chi connectivity index (χ1n) is 11.1. The molecule has 1 heterocycles. The van der Waals surface area contributed by atoms with Crippen LogP contribution in [0.4, 0.5) is 0 Å². The van der Waals surface area contributed by atoms with E-state index >= 15 is 0 Å². The summed E-state index contributed by atoms with van der Waals surface area (Å²) in [4.78, 5) is 53.6. The molecule has 3 rings (SSSR count). The molecule has 7 nitrogen and oxygen atoms in total. The Morgan fingerprint density at radius 3 is 2.03 bits per heavy atom. The van der Waals surface area contributed by atoms with Gasteiger partial charge >= 0.3 is 0 Å². The van der Waals surface area contributed by atoms with E-state index in [0.29, 0.717) is 26.7 Å². The zero-order valence-corrected chi connectivity index (χ0v) is 20.8. The summed E-state index contributed by atoms with van der Waals surface area (Å²) in [6, 6.07) is 10.8. The maximum atomic E-state index is 13.2. The van der Waals surface area contributed by atoms with Crippen LogP contribution in [0.2, 0.25) is 10.0 Å². The zero-order chi connectivity index (χ0) is 25.0. The number of nitrogens with zero attached hydrogens (tertiary/aromatic N) is 2. The van der Waals surface area contributed by atoms with E-state index in [1.165, 1.54) is 4.90 Å². The lowest BCUT2D eigenvalue weighted by molar-refractivity contribution is -0.140. The van der Waals surface area contributed by atoms with Crippen molar-refractivity contribution >= 4 is 46.8 Å². The number of benzene rings is 2. The van der Waals surface area contributed by atoms with Gasteiger partial charge in [-0.2, -0.15) is 0 Å². The molecule has 2 aromatic carbocycles. The molecule has 0 bridgehead atoms. The Labute approximate surface area is 209 Å². The fourth-order valence-electron chi connectivity index (χ4n) is 3.82. The van der Waals surface area contributed by atoms with Crippen LogP contribution in [0, 0.1) is 0 Å². The first-order valence-corrected chi connectivity index (χ1v) is 11.8. The number of hydrogen-bond donors (Lipinski definition) is 1. The van der Waals surface area contributed by atoms with Crippen LogP contribution in [-0.2, 0) is 16.1 Å². The molecule has 0 spiro atoms. The molecule has 0 radical (unpaired) electrons. The smallest absolute Gasteiger partial charge is 0.261 e. The monoisotopic (exact) mass is 503 g/mol. The topological polar surface area (TPSA) is 86.8 Å². The van der Waals surface area contributed by atoms with E-state index < -0.39 is 6.04 Å². The highest BCUT2D eigenvalue weighted by molar-refractivity contribution is 6.36. The minimum Gasteiger partial charge on any atom is -0.352 e. The average molecular weight is 504 g/mol. The molecule has 34 heavy (non-hydrogen) atoms. The summed E-state index contributed by atoms with van der Waals surface area (Å²) in [6.45, 7) is 5.47. The number of carbonyl (C=O) groups is 4. The molecule has 9 heteroatoms. The van der Waals surface area contributed by atoms with Gasteiger partial charge in [-0.3, -0.25) is 24.1 Å². The second kappa shape index (κ2) is 11.0. The van der Waals surface area contributed by atoms with Gasteiger partial charge in [0.2, 0.25) is 11.8 Å². The van der Waals surface area contributed by atoms with Crippen LogP contribution in [0.15, 0.2) is 42.5 Å². The van der Waals surface area contributed by atoms with Crippen molar-refractivity contribution in [3.05, 3.63) is 69.2 Å². The van der Waals surface area contributed by atoms with E-state index in [4.69, 9.17) is 23.2 Å². The molecule has 1 aliphatic rings. The molecular weight excluding hydrogens is 477 g/mol. The first-order chi connectivity index (χ1) is 16.1. The number of nitrogens with one attached hydrogen (secondary N) is 1. The molecule has 0 saturated carbocycles. The number of fused-ring (bicyclic) bond motifs is 1. The van der Waals surface area contributed by atoms with E-state index in [-0.39, 0.29) is 55.6 Å². The van der Waals surface area contributed by atoms with Crippen LogP contribution in [0.3, 0.4) is 0 Å². The quantitative estimate of drug-likeness (QED) is 0.516. The zero-order valence-electron chi connectivity index (χ0n) is 19.3. The highest BCUT2D eigenvalue weighted by Gasteiger charge is 2.35. The summed E-state index contributed by atoms with van der Waals surface area (Å²) in [5.74, 6) is -1.33. The molecule has 0 fully saturated rings. The van der Waals surface area contributed by atoms with Crippen LogP contribution >= 0.6 is 23.2 Å². The van der Waals surface area contributed by atoms with Crippen molar-refractivity contribution in [2.45, 2.75) is 52.2 Å². The van der Waals surface area contributed by atoms with Crippen LogP contribution < -0.4 is 5.32 Å². The number of amides is 4. The summed E-state index contributed by atoms with van der Waals surface area (Å²) < 4.78 is 0. The van der Waals surface area contributed by atoms with Crippen molar-refractivity contribution in [1.82, 2.24) is 15.1 Å². The number of imide groups is 1. The highest BCUT2D eigenvalue weighted by atomic mass is 35.5. The summed E-state index contributed by atoms with van der Waals surface area (Å²) in [5.41, 5.74) is 1.28. The Kier molecular flexibility index (Phi) is 8.33. The maximum absolute atomic E-state index is 13.2. The van der Waals surface area contributed by atoms with Crippen molar-refractivity contribution in [3.8, 4) is 0 Å². The molecule has 4 amide bonds. The molecule has 2 aromatic rings. The van der Waals surface area contributed by atoms with Crippen molar-refractivity contribution in [1.29, 1.82) is 0 Å². The van der Waals surface area contributed by atoms with Gasteiger partial charge in [0.15, 0.2) is 0 Å². The van der Waals surface area contributed by atoms with E-state index in [2.05, 4.69) is 5.32 Å². The predicted octanol–water partition coefficient (Wildman–Crippen LogP) is 4.31. The van der Waals surface area contributed by atoms with Crippen LogP contribution in [-0.4, -0.2) is 52.1 Å². The summed E-state index contributed by atoms with van der Waals surface area (Å²) in [7, 11) is 0. The van der Waals surface area contributed by atoms with Gasteiger partial charge in [0.05, 0.1) is 11.1 Å². The Hall–Kier alpha value is -2.90. The molecule has 1 aliphatic heterocycles. The highest BCUT2D eigenvalue weighted by Crippen LogP contribution is 2.27. The average Bonchev–Trinajstić information content (AvgIpc) is 3.03. The predicted molar refractivity (Wildman–Crippen MR) is 131 cm³/mol. The summed E-state index contributed by atoms with van der Waals surface area (Å²) >= 11 is 12.6. The van der Waals surface area contributed by atoms with Crippen molar-refractivity contribution in [2.24, 2.45) is 0 Å². The van der Waals surface area contributed by atoms with E-state index in [9.17, 15) is 19.2 Å². The SMILES string of the molecule is CC(C)NC(=O)[C@@H](C)N(Cc1c(Cl)cccc1Cl)C(=O)CCCN1C(=O)c2ccccc2C1=O.